The number of hydrogen-bond acceptors (Lipinski definition) is 7. The van der Waals surface area contributed by atoms with Gasteiger partial charge in [0.1, 0.15) is 6.23 Å². The first-order chi connectivity index (χ1) is 16.3. The van der Waals surface area contributed by atoms with Gasteiger partial charge in [-0.25, -0.2) is 0 Å². The zero-order valence-electron chi connectivity index (χ0n) is 21.6. The first-order valence-corrected chi connectivity index (χ1v) is 12.2. The third-order valence-corrected chi connectivity index (χ3v) is 6.05. The van der Waals surface area contributed by atoms with Crippen LogP contribution in [-0.4, -0.2) is 51.2 Å². The van der Waals surface area contributed by atoms with Gasteiger partial charge in [0.25, 0.3) is 0 Å². The van der Waals surface area contributed by atoms with Gasteiger partial charge in [0, 0.05) is 18.3 Å². The van der Waals surface area contributed by atoms with Crippen molar-refractivity contribution in [2.24, 2.45) is 5.92 Å². The van der Waals surface area contributed by atoms with Gasteiger partial charge in [0.05, 0.1) is 32.6 Å². The highest BCUT2D eigenvalue weighted by molar-refractivity contribution is 5.69. The van der Waals surface area contributed by atoms with Crippen LogP contribution in [0.1, 0.15) is 52.0 Å². The fourth-order valence-corrected chi connectivity index (χ4v) is 4.41. The number of nitrogens with one attached hydrogen (secondary N) is 2. The van der Waals surface area contributed by atoms with Gasteiger partial charge < -0.3 is 24.3 Å². The summed E-state index contributed by atoms with van der Waals surface area (Å²) in [6.07, 6.45) is 6.65. The lowest BCUT2D eigenvalue weighted by atomic mass is 9.96. The van der Waals surface area contributed by atoms with E-state index in [9.17, 15) is 0 Å². The summed E-state index contributed by atoms with van der Waals surface area (Å²) in [5.74, 6) is 2.49. The number of nitrogens with zero attached hydrogens (tertiary/aromatic N) is 1. The van der Waals surface area contributed by atoms with E-state index in [1.54, 1.807) is 21.3 Å². The number of aromatic nitrogens is 1. The summed E-state index contributed by atoms with van der Waals surface area (Å²) in [6.45, 7) is 9.16. The van der Waals surface area contributed by atoms with Gasteiger partial charge in [-0.1, -0.05) is 0 Å². The number of methoxy groups -OCH3 is 3. The van der Waals surface area contributed by atoms with E-state index in [4.69, 9.17) is 18.9 Å². The maximum atomic E-state index is 6.12. The molecule has 0 radical (unpaired) electrons. The van der Waals surface area contributed by atoms with Crippen LogP contribution in [0.5, 0.6) is 17.2 Å². The predicted octanol–water partition coefficient (Wildman–Crippen LogP) is 4.79. The molecule has 3 rings (SSSR count). The lowest BCUT2D eigenvalue weighted by Crippen LogP contribution is -2.41. The summed E-state index contributed by atoms with van der Waals surface area (Å²) in [6, 6.07) is 8.03. The Labute approximate surface area is 204 Å². The minimum Gasteiger partial charge on any atom is -0.493 e. The zero-order chi connectivity index (χ0) is 24.6. The van der Waals surface area contributed by atoms with Crippen LogP contribution in [0.3, 0.4) is 0 Å². The summed E-state index contributed by atoms with van der Waals surface area (Å²) in [5, 5.41) is 7.24. The van der Waals surface area contributed by atoms with E-state index in [2.05, 4.69) is 48.5 Å². The topological polar surface area (TPSA) is 73.9 Å². The first kappa shape index (κ1) is 26.3. The van der Waals surface area contributed by atoms with Crippen molar-refractivity contribution in [2.45, 2.75) is 64.8 Å². The fraction of sp³-hybridized carbons (Fsp3) is 0.593. The van der Waals surface area contributed by atoms with Crippen LogP contribution < -0.4 is 24.8 Å². The Morgan fingerprint density at radius 2 is 1.74 bits per heavy atom. The molecule has 0 amide bonds. The summed E-state index contributed by atoms with van der Waals surface area (Å²) < 4.78 is 22.5. The molecule has 7 heteroatoms. The van der Waals surface area contributed by atoms with E-state index in [0.717, 1.165) is 43.7 Å². The van der Waals surface area contributed by atoms with Crippen molar-refractivity contribution < 1.29 is 18.9 Å². The van der Waals surface area contributed by atoms with Crippen molar-refractivity contribution in [1.29, 1.82) is 0 Å². The van der Waals surface area contributed by atoms with Crippen LogP contribution in [0.25, 0.3) is 11.3 Å². The highest BCUT2D eigenvalue weighted by Crippen LogP contribution is 2.40. The summed E-state index contributed by atoms with van der Waals surface area (Å²) >= 11 is 0. The SMILES string of the molecule is COc1cc(-c2cc(CNCC3CCCC(OC(C)(C)C)NCC3)ccn2)cc(OC)c1OC. The average Bonchev–Trinajstić information content (AvgIpc) is 2.80. The molecule has 1 saturated heterocycles. The van der Waals surface area contributed by atoms with Gasteiger partial charge in [-0.2, -0.15) is 0 Å². The van der Waals surface area contributed by atoms with Crippen LogP contribution in [0.2, 0.25) is 0 Å². The molecule has 2 unspecified atom stereocenters. The lowest BCUT2D eigenvalue weighted by Gasteiger charge is -2.31. The number of pyridine rings is 1. The van der Waals surface area contributed by atoms with E-state index >= 15 is 0 Å². The molecule has 2 N–H and O–H groups in total. The standard InChI is InChI=1S/C27H41N3O4/c1-27(2,3)34-25-9-7-8-19(10-13-30-25)17-28-18-20-11-12-29-22(14-20)21-15-23(31-4)26(33-6)24(16-21)32-5/h11-12,14-16,19,25,28,30H,7-10,13,17-18H2,1-6H3. The molecule has 0 spiro atoms. The maximum absolute atomic E-state index is 6.12. The van der Waals surface area contributed by atoms with Crippen molar-refractivity contribution in [1.82, 2.24) is 15.6 Å². The van der Waals surface area contributed by atoms with Crippen LogP contribution in [-0.2, 0) is 11.3 Å². The third-order valence-electron chi connectivity index (χ3n) is 6.05. The lowest BCUT2D eigenvalue weighted by molar-refractivity contribution is -0.0810. The number of hydrogen-bond donors (Lipinski definition) is 2. The van der Waals surface area contributed by atoms with Crippen molar-refractivity contribution in [3.63, 3.8) is 0 Å². The molecule has 2 atom stereocenters. The Morgan fingerprint density at radius 1 is 1.00 bits per heavy atom. The van der Waals surface area contributed by atoms with Crippen molar-refractivity contribution in [3.8, 4) is 28.5 Å². The van der Waals surface area contributed by atoms with Gasteiger partial charge in [-0.15, -0.1) is 0 Å². The Kier molecular flexibility index (Phi) is 9.56. The van der Waals surface area contributed by atoms with Crippen molar-refractivity contribution in [3.05, 3.63) is 36.0 Å². The number of ether oxygens (including phenoxy) is 4. The molecule has 0 saturated carbocycles. The van der Waals surface area contributed by atoms with E-state index in [1.807, 2.05) is 18.3 Å². The number of benzene rings is 1. The monoisotopic (exact) mass is 471 g/mol. The Morgan fingerprint density at radius 3 is 2.38 bits per heavy atom. The molecule has 2 heterocycles. The molecule has 34 heavy (non-hydrogen) atoms. The van der Waals surface area contributed by atoms with E-state index < -0.39 is 0 Å². The van der Waals surface area contributed by atoms with E-state index in [-0.39, 0.29) is 11.8 Å². The second kappa shape index (κ2) is 12.4. The van der Waals surface area contributed by atoms with Crippen molar-refractivity contribution in [2.75, 3.05) is 34.4 Å². The molecule has 1 aliphatic rings. The molecular formula is C27H41N3O4. The van der Waals surface area contributed by atoms with Crippen LogP contribution in [0.4, 0.5) is 0 Å². The second-order valence-electron chi connectivity index (χ2n) is 9.85. The van der Waals surface area contributed by atoms with Gasteiger partial charge >= 0.3 is 0 Å². The normalized spacial score (nSPS) is 19.2. The molecule has 7 nitrogen and oxygen atoms in total. The maximum Gasteiger partial charge on any atom is 0.203 e. The van der Waals surface area contributed by atoms with E-state index in [1.165, 1.54) is 18.4 Å². The third kappa shape index (κ3) is 7.58. The summed E-state index contributed by atoms with van der Waals surface area (Å²) in [7, 11) is 4.85. The van der Waals surface area contributed by atoms with Gasteiger partial charge in [0.2, 0.25) is 5.75 Å². The Balaban J connectivity index is 1.56. The molecule has 2 aromatic rings. The minimum atomic E-state index is -0.108. The highest BCUT2D eigenvalue weighted by atomic mass is 16.5. The quantitative estimate of drug-likeness (QED) is 0.545. The fourth-order valence-electron chi connectivity index (χ4n) is 4.41. The molecule has 188 valence electrons. The zero-order valence-corrected chi connectivity index (χ0v) is 21.6. The Hall–Kier alpha value is -2.35. The van der Waals surface area contributed by atoms with E-state index in [0.29, 0.717) is 23.2 Å². The molecule has 1 aliphatic heterocycles. The van der Waals surface area contributed by atoms with Crippen LogP contribution >= 0.6 is 0 Å². The molecule has 1 aromatic carbocycles. The molecule has 0 bridgehead atoms. The second-order valence-corrected chi connectivity index (χ2v) is 9.85. The molecule has 1 aromatic heterocycles. The summed E-state index contributed by atoms with van der Waals surface area (Å²) in [4.78, 5) is 4.57. The summed E-state index contributed by atoms with van der Waals surface area (Å²) in [5.41, 5.74) is 2.89. The van der Waals surface area contributed by atoms with Crippen LogP contribution in [0.15, 0.2) is 30.5 Å². The number of rotatable bonds is 9. The minimum absolute atomic E-state index is 0.108. The highest BCUT2D eigenvalue weighted by Gasteiger charge is 2.21. The first-order valence-electron chi connectivity index (χ1n) is 12.2. The largest absolute Gasteiger partial charge is 0.493 e. The van der Waals surface area contributed by atoms with Gasteiger partial charge in [-0.05, 0) is 95.3 Å². The average molecular weight is 472 g/mol. The molecule has 1 fully saturated rings. The van der Waals surface area contributed by atoms with Gasteiger partial charge in [-0.3, -0.25) is 10.3 Å². The predicted molar refractivity (Wildman–Crippen MR) is 136 cm³/mol. The van der Waals surface area contributed by atoms with Gasteiger partial charge in [0.15, 0.2) is 11.5 Å². The van der Waals surface area contributed by atoms with Crippen molar-refractivity contribution >= 4 is 0 Å². The molecular weight excluding hydrogens is 430 g/mol. The van der Waals surface area contributed by atoms with Crippen LogP contribution in [0, 0.1) is 5.92 Å². The molecule has 0 aliphatic carbocycles. The smallest absolute Gasteiger partial charge is 0.203 e. The Bertz CT molecular complexity index is 878.